The summed E-state index contributed by atoms with van der Waals surface area (Å²) in [4.78, 5) is 19.4. The number of nitrogens with one attached hydrogen (secondary N) is 2. The van der Waals surface area contributed by atoms with Crippen LogP contribution in [0.5, 0.6) is 0 Å². The van der Waals surface area contributed by atoms with Crippen molar-refractivity contribution in [3.63, 3.8) is 0 Å². The molecule has 2 aromatic rings. The van der Waals surface area contributed by atoms with Gasteiger partial charge in [-0.05, 0) is 25.5 Å². The van der Waals surface area contributed by atoms with Crippen molar-refractivity contribution < 1.29 is 4.79 Å². The maximum absolute atomic E-state index is 12.2. The molecule has 1 atom stereocenters. The highest BCUT2D eigenvalue weighted by molar-refractivity contribution is 6.10. The third-order valence-corrected chi connectivity index (χ3v) is 3.13. The molecule has 0 spiro atoms. The van der Waals surface area contributed by atoms with Crippen LogP contribution in [0.2, 0.25) is 0 Å². The number of aromatic amines is 1. The second-order valence-electron chi connectivity index (χ2n) is 4.14. The van der Waals surface area contributed by atoms with Gasteiger partial charge in [0.25, 0.3) is 0 Å². The molecule has 4 nitrogen and oxygen atoms in total. The lowest BCUT2D eigenvalue weighted by Gasteiger charge is -2.07. The van der Waals surface area contributed by atoms with E-state index in [-0.39, 0.29) is 11.8 Å². The fourth-order valence-electron chi connectivity index (χ4n) is 2.26. The molecule has 4 heteroatoms. The molecular weight excluding hydrogens is 202 g/mol. The summed E-state index contributed by atoms with van der Waals surface area (Å²) in [5.74, 6) is 0.178. The van der Waals surface area contributed by atoms with Gasteiger partial charge in [0, 0.05) is 35.1 Å². The lowest BCUT2D eigenvalue weighted by molar-refractivity contribution is 0.0954. The topological polar surface area (TPSA) is 57.8 Å². The minimum absolute atomic E-state index is 0.0146. The second kappa shape index (κ2) is 3.72. The Balaban J connectivity index is 2.02. The molecule has 16 heavy (non-hydrogen) atoms. The monoisotopic (exact) mass is 215 g/mol. The summed E-state index contributed by atoms with van der Waals surface area (Å²) in [6, 6.07) is 1.87. The smallest absolute Gasteiger partial charge is 0.181 e. The van der Waals surface area contributed by atoms with Gasteiger partial charge in [-0.1, -0.05) is 0 Å². The molecule has 0 aliphatic carbocycles. The van der Waals surface area contributed by atoms with Gasteiger partial charge in [0.2, 0.25) is 0 Å². The number of H-pyrrole nitrogens is 1. The average Bonchev–Trinajstić information content (AvgIpc) is 2.98. The first-order valence-electron chi connectivity index (χ1n) is 5.55. The van der Waals surface area contributed by atoms with Gasteiger partial charge in [0.05, 0.1) is 6.04 Å². The average molecular weight is 215 g/mol. The zero-order valence-electron chi connectivity index (χ0n) is 8.86. The SMILES string of the molecule is O=C(c1c[nH]c2ccncc12)C1CCCN1. The lowest BCUT2D eigenvalue weighted by atomic mass is 10.0. The predicted molar refractivity (Wildman–Crippen MR) is 61.4 cm³/mol. The van der Waals surface area contributed by atoms with Crippen molar-refractivity contribution in [1.82, 2.24) is 15.3 Å². The van der Waals surface area contributed by atoms with Gasteiger partial charge in [0.15, 0.2) is 5.78 Å². The van der Waals surface area contributed by atoms with E-state index in [2.05, 4.69) is 15.3 Å². The van der Waals surface area contributed by atoms with Crippen LogP contribution in [0.3, 0.4) is 0 Å². The first kappa shape index (κ1) is 9.54. The molecule has 3 rings (SSSR count). The molecule has 0 aromatic carbocycles. The van der Waals surface area contributed by atoms with E-state index >= 15 is 0 Å². The summed E-state index contributed by atoms with van der Waals surface area (Å²) in [5.41, 5.74) is 1.72. The molecule has 0 amide bonds. The number of nitrogens with zero attached hydrogens (tertiary/aromatic N) is 1. The number of ketones is 1. The molecule has 1 fully saturated rings. The Morgan fingerprint density at radius 2 is 2.44 bits per heavy atom. The second-order valence-corrected chi connectivity index (χ2v) is 4.14. The summed E-state index contributed by atoms with van der Waals surface area (Å²) in [6.45, 7) is 0.941. The summed E-state index contributed by atoms with van der Waals surface area (Å²) < 4.78 is 0. The summed E-state index contributed by atoms with van der Waals surface area (Å²) in [7, 11) is 0. The molecule has 1 saturated heterocycles. The fourth-order valence-corrected chi connectivity index (χ4v) is 2.26. The summed E-state index contributed by atoms with van der Waals surface area (Å²) in [5, 5.41) is 4.14. The molecule has 82 valence electrons. The number of carbonyl (C=O) groups excluding carboxylic acids is 1. The molecule has 2 aromatic heterocycles. The number of hydrogen-bond acceptors (Lipinski definition) is 3. The van der Waals surface area contributed by atoms with Crippen molar-refractivity contribution in [3.05, 3.63) is 30.2 Å². The first-order valence-corrected chi connectivity index (χ1v) is 5.55. The van der Waals surface area contributed by atoms with Gasteiger partial charge in [0.1, 0.15) is 0 Å². The highest BCUT2D eigenvalue weighted by atomic mass is 16.1. The van der Waals surface area contributed by atoms with E-state index in [0.717, 1.165) is 35.9 Å². The Morgan fingerprint density at radius 3 is 3.25 bits per heavy atom. The molecule has 0 radical (unpaired) electrons. The van der Waals surface area contributed by atoms with E-state index in [1.54, 1.807) is 18.6 Å². The van der Waals surface area contributed by atoms with Gasteiger partial charge in [-0.25, -0.2) is 0 Å². The van der Waals surface area contributed by atoms with Crippen LogP contribution < -0.4 is 5.32 Å². The van der Waals surface area contributed by atoms with Crippen LogP contribution in [0.4, 0.5) is 0 Å². The Hall–Kier alpha value is -1.68. The molecule has 0 bridgehead atoms. The van der Waals surface area contributed by atoms with Crippen molar-refractivity contribution >= 4 is 16.7 Å². The zero-order valence-corrected chi connectivity index (χ0v) is 8.86. The predicted octanol–water partition coefficient (Wildman–Crippen LogP) is 1.50. The Morgan fingerprint density at radius 1 is 1.50 bits per heavy atom. The standard InChI is InChI=1S/C12H13N3O/c16-12(11-2-1-4-14-11)9-7-15-10-3-5-13-6-8(9)10/h3,5-7,11,14-15H,1-2,4H2. The van der Waals surface area contributed by atoms with Crippen molar-refractivity contribution in [2.75, 3.05) is 6.54 Å². The maximum atomic E-state index is 12.2. The zero-order chi connectivity index (χ0) is 11.0. The maximum Gasteiger partial charge on any atom is 0.181 e. The van der Waals surface area contributed by atoms with E-state index < -0.39 is 0 Å². The van der Waals surface area contributed by atoms with Gasteiger partial charge in [-0.2, -0.15) is 0 Å². The molecule has 1 aliphatic rings. The number of Topliss-reactive ketones (excluding diaryl/α,β-unsaturated/α-hetero) is 1. The molecule has 3 heterocycles. The van der Waals surface area contributed by atoms with Crippen LogP contribution in [0.1, 0.15) is 23.2 Å². The van der Waals surface area contributed by atoms with Gasteiger partial charge < -0.3 is 10.3 Å². The van der Waals surface area contributed by atoms with E-state index in [9.17, 15) is 4.79 Å². The Kier molecular flexibility index (Phi) is 2.22. The number of fused-ring (bicyclic) bond motifs is 1. The van der Waals surface area contributed by atoms with E-state index in [4.69, 9.17) is 0 Å². The minimum atomic E-state index is -0.0146. The molecular formula is C12H13N3O. The summed E-state index contributed by atoms with van der Waals surface area (Å²) >= 11 is 0. The van der Waals surface area contributed by atoms with Crippen LogP contribution in [-0.4, -0.2) is 28.3 Å². The van der Waals surface area contributed by atoms with Gasteiger partial charge in [-0.15, -0.1) is 0 Å². The fraction of sp³-hybridized carbons (Fsp3) is 0.333. The number of rotatable bonds is 2. The highest BCUT2D eigenvalue weighted by Crippen LogP contribution is 2.20. The number of pyridine rings is 1. The molecule has 1 unspecified atom stereocenters. The normalized spacial score (nSPS) is 20.4. The minimum Gasteiger partial charge on any atom is -0.360 e. The quantitative estimate of drug-likeness (QED) is 0.746. The van der Waals surface area contributed by atoms with E-state index in [1.165, 1.54) is 0 Å². The van der Waals surface area contributed by atoms with Gasteiger partial charge in [-0.3, -0.25) is 9.78 Å². The third kappa shape index (κ3) is 1.42. The Labute approximate surface area is 93.1 Å². The van der Waals surface area contributed by atoms with E-state index in [0.29, 0.717) is 0 Å². The molecule has 1 aliphatic heterocycles. The molecule has 2 N–H and O–H groups in total. The van der Waals surface area contributed by atoms with Crippen molar-refractivity contribution in [2.45, 2.75) is 18.9 Å². The molecule has 0 saturated carbocycles. The Bertz CT molecular complexity index is 526. The van der Waals surface area contributed by atoms with Crippen LogP contribution in [0.25, 0.3) is 10.9 Å². The number of carbonyl (C=O) groups is 1. The highest BCUT2D eigenvalue weighted by Gasteiger charge is 2.25. The van der Waals surface area contributed by atoms with Crippen LogP contribution in [0, 0.1) is 0 Å². The van der Waals surface area contributed by atoms with Crippen LogP contribution in [-0.2, 0) is 0 Å². The van der Waals surface area contributed by atoms with Crippen LogP contribution >= 0.6 is 0 Å². The van der Waals surface area contributed by atoms with Crippen molar-refractivity contribution in [3.8, 4) is 0 Å². The van der Waals surface area contributed by atoms with Crippen LogP contribution in [0.15, 0.2) is 24.7 Å². The van der Waals surface area contributed by atoms with Crippen molar-refractivity contribution in [2.24, 2.45) is 0 Å². The van der Waals surface area contributed by atoms with E-state index in [1.807, 2.05) is 6.07 Å². The lowest BCUT2D eigenvalue weighted by Crippen LogP contribution is -2.30. The number of aromatic nitrogens is 2. The number of hydrogen-bond donors (Lipinski definition) is 2. The van der Waals surface area contributed by atoms with Crippen molar-refractivity contribution in [1.29, 1.82) is 0 Å². The summed E-state index contributed by atoms with van der Waals surface area (Å²) in [6.07, 6.45) is 7.27. The van der Waals surface area contributed by atoms with Gasteiger partial charge >= 0.3 is 0 Å². The largest absolute Gasteiger partial charge is 0.360 e. The first-order chi connectivity index (χ1) is 7.86. The third-order valence-electron chi connectivity index (χ3n) is 3.13.